The molecular weight excluding hydrogens is 328 g/mol. The van der Waals surface area contributed by atoms with Crippen molar-refractivity contribution in [2.45, 2.75) is 30.9 Å². The third-order valence-electron chi connectivity index (χ3n) is 3.40. The molecule has 1 atom stereocenters. The molecule has 0 aliphatic carbocycles. The molecule has 0 aromatic heterocycles. The van der Waals surface area contributed by atoms with E-state index in [0.717, 1.165) is 5.56 Å². The number of sulfonamides is 1. The van der Waals surface area contributed by atoms with E-state index in [-0.39, 0.29) is 17.3 Å². The van der Waals surface area contributed by atoms with Gasteiger partial charge in [-0.05, 0) is 36.2 Å². The third-order valence-corrected chi connectivity index (χ3v) is 4.33. The highest BCUT2D eigenvalue weighted by atomic mass is 32.2. The molecule has 2 aromatic carbocycles. The molecule has 0 aliphatic heterocycles. The molecule has 1 amide bonds. The number of benzene rings is 2. The summed E-state index contributed by atoms with van der Waals surface area (Å²) in [6, 6.07) is 15.2. The van der Waals surface area contributed by atoms with Crippen molar-refractivity contribution in [2.75, 3.05) is 0 Å². The lowest BCUT2D eigenvalue weighted by atomic mass is 10.2. The van der Waals surface area contributed by atoms with Gasteiger partial charge in [-0.1, -0.05) is 37.3 Å². The second-order valence-electron chi connectivity index (χ2n) is 5.23. The summed E-state index contributed by atoms with van der Waals surface area (Å²) >= 11 is 0. The zero-order valence-corrected chi connectivity index (χ0v) is 14.1. The molecule has 0 spiro atoms. The van der Waals surface area contributed by atoms with Crippen LogP contribution in [0.15, 0.2) is 59.5 Å². The molecular formula is C17H20N2O4S. The standard InChI is InChI=1S/C17H20N2O4S/c1-2-16(23-14-6-4-3-5-7-14)17(20)19-12-13-8-10-15(11-9-13)24(18,21)22/h3-11,16H,2,12H2,1H3,(H,19,20)(H2,18,21,22)/t16-/m0/s1. The van der Waals surface area contributed by atoms with Crippen molar-refractivity contribution < 1.29 is 17.9 Å². The van der Waals surface area contributed by atoms with Gasteiger partial charge in [0, 0.05) is 6.54 Å². The second kappa shape index (κ2) is 7.94. The Morgan fingerprint density at radius 1 is 1.12 bits per heavy atom. The predicted octanol–water partition coefficient (Wildman–Crippen LogP) is 1.81. The van der Waals surface area contributed by atoms with Crippen LogP contribution in [0.5, 0.6) is 5.75 Å². The highest BCUT2D eigenvalue weighted by Crippen LogP contribution is 2.13. The lowest BCUT2D eigenvalue weighted by Crippen LogP contribution is -2.37. The topological polar surface area (TPSA) is 98.5 Å². The van der Waals surface area contributed by atoms with Gasteiger partial charge in [0.15, 0.2) is 6.10 Å². The first-order chi connectivity index (χ1) is 11.4. The van der Waals surface area contributed by atoms with Crippen molar-refractivity contribution in [3.05, 3.63) is 60.2 Å². The number of nitrogens with one attached hydrogen (secondary N) is 1. The normalized spacial score (nSPS) is 12.4. The average molecular weight is 348 g/mol. The lowest BCUT2D eigenvalue weighted by Gasteiger charge is -2.17. The molecule has 3 N–H and O–H groups in total. The van der Waals surface area contributed by atoms with Gasteiger partial charge in [-0.2, -0.15) is 0 Å². The van der Waals surface area contributed by atoms with Crippen molar-refractivity contribution in [1.82, 2.24) is 5.32 Å². The smallest absolute Gasteiger partial charge is 0.261 e. The van der Waals surface area contributed by atoms with Crippen molar-refractivity contribution in [1.29, 1.82) is 0 Å². The van der Waals surface area contributed by atoms with Gasteiger partial charge in [-0.3, -0.25) is 4.79 Å². The van der Waals surface area contributed by atoms with E-state index in [0.29, 0.717) is 12.2 Å². The number of carbonyl (C=O) groups is 1. The summed E-state index contributed by atoms with van der Waals surface area (Å²) < 4.78 is 28.1. The van der Waals surface area contributed by atoms with E-state index in [1.54, 1.807) is 24.3 Å². The van der Waals surface area contributed by atoms with E-state index in [9.17, 15) is 13.2 Å². The second-order valence-corrected chi connectivity index (χ2v) is 6.80. The molecule has 0 unspecified atom stereocenters. The molecule has 128 valence electrons. The van der Waals surface area contributed by atoms with E-state index >= 15 is 0 Å². The van der Waals surface area contributed by atoms with E-state index < -0.39 is 16.1 Å². The fraction of sp³-hybridized carbons (Fsp3) is 0.235. The first-order valence-corrected chi connectivity index (χ1v) is 9.06. The zero-order valence-electron chi connectivity index (χ0n) is 13.3. The molecule has 0 saturated carbocycles. The van der Waals surface area contributed by atoms with Crippen molar-refractivity contribution in [2.24, 2.45) is 5.14 Å². The summed E-state index contributed by atoms with van der Waals surface area (Å²) in [5.41, 5.74) is 0.769. The summed E-state index contributed by atoms with van der Waals surface area (Å²) in [5.74, 6) is 0.411. The highest BCUT2D eigenvalue weighted by Gasteiger charge is 2.18. The lowest BCUT2D eigenvalue weighted by molar-refractivity contribution is -0.128. The van der Waals surface area contributed by atoms with Crippen LogP contribution in [0.1, 0.15) is 18.9 Å². The van der Waals surface area contributed by atoms with E-state index in [4.69, 9.17) is 9.88 Å². The van der Waals surface area contributed by atoms with Crippen LogP contribution in [0.3, 0.4) is 0 Å². The van der Waals surface area contributed by atoms with Crippen LogP contribution in [0.25, 0.3) is 0 Å². The molecule has 24 heavy (non-hydrogen) atoms. The zero-order chi connectivity index (χ0) is 17.6. The number of para-hydroxylation sites is 1. The predicted molar refractivity (Wildman–Crippen MR) is 90.8 cm³/mol. The van der Waals surface area contributed by atoms with E-state index in [1.807, 2.05) is 25.1 Å². The maximum absolute atomic E-state index is 12.2. The summed E-state index contributed by atoms with van der Waals surface area (Å²) in [5, 5.41) is 7.83. The molecule has 7 heteroatoms. The first kappa shape index (κ1) is 18.0. The molecule has 6 nitrogen and oxygen atoms in total. The minimum absolute atomic E-state index is 0.0384. The number of amides is 1. The molecule has 2 rings (SSSR count). The van der Waals surface area contributed by atoms with Gasteiger partial charge in [0.2, 0.25) is 10.0 Å². The van der Waals surface area contributed by atoms with Gasteiger partial charge in [0.05, 0.1) is 4.90 Å². The van der Waals surface area contributed by atoms with Gasteiger partial charge < -0.3 is 10.1 Å². The highest BCUT2D eigenvalue weighted by molar-refractivity contribution is 7.89. The number of ether oxygens (including phenoxy) is 1. The Morgan fingerprint density at radius 2 is 1.75 bits per heavy atom. The quantitative estimate of drug-likeness (QED) is 0.797. The Balaban J connectivity index is 1.93. The number of carbonyl (C=O) groups excluding carboxylic acids is 1. The van der Waals surface area contributed by atoms with Crippen LogP contribution < -0.4 is 15.2 Å². The average Bonchev–Trinajstić information content (AvgIpc) is 2.58. The van der Waals surface area contributed by atoms with Gasteiger partial charge in [-0.25, -0.2) is 13.6 Å². The molecule has 0 saturated heterocycles. The molecule has 0 radical (unpaired) electrons. The Bertz CT molecular complexity index is 774. The molecule has 0 bridgehead atoms. The van der Waals surface area contributed by atoms with Crippen LogP contribution in [-0.2, 0) is 21.4 Å². The molecule has 0 heterocycles. The van der Waals surface area contributed by atoms with Gasteiger partial charge in [0.25, 0.3) is 5.91 Å². The summed E-state index contributed by atoms with van der Waals surface area (Å²) in [6.45, 7) is 2.15. The Morgan fingerprint density at radius 3 is 2.29 bits per heavy atom. The van der Waals surface area contributed by atoms with E-state index in [2.05, 4.69) is 5.32 Å². The Labute approximate surface area is 141 Å². The van der Waals surface area contributed by atoms with Crippen LogP contribution in [0.2, 0.25) is 0 Å². The fourth-order valence-electron chi connectivity index (χ4n) is 2.09. The molecule has 0 aliphatic rings. The van der Waals surface area contributed by atoms with Crippen molar-refractivity contribution in [3.8, 4) is 5.75 Å². The van der Waals surface area contributed by atoms with Crippen LogP contribution in [-0.4, -0.2) is 20.4 Å². The number of hydrogen-bond donors (Lipinski definition) is 2. The first-order valence-electron chi connectivity index (χ1n) is 7.51. The van der Waals surface area contributed by atoms with Crippen molar-refractivity contribution >= 4 is 15.9 Å². The third kappa shape index (κ3) is 5.07. The molecule has 2 aromatic rings. The van der Waals surface area contributed by atoms with Gasteiger partial charge >= 0.3 is 0 Å². The number of rotatable bonds is 7. The summed E-state index contributed by atoms with van der Waals surface area (Å²) in [6.07, 6.45) is -0.0541. The number of hydrogen-bond acceptors (Lipinski definition) is 4. The minimum Gasteiger partial charge on any atom is -0.481 e. The largest absolute Gasteiger partial charge is 0.481 e. The van der Waals surface area contributed by atoms with Gasteiger partial charge in [-0.15, -0.1) is 0 Å². The Kier molecular flexibility index (Phi) is 5.94. The fourth-order valence-corrected chi connectivity index (χ4v) is 2.60. The van der Waals surface area contributed by atoms with Crippen LogP contribution >= 0.6 is 0 Å². The summed E-state index contributed by atoms with van der Waals surface area (Å²) in [4.78, 5) is 12.3. The van der Waals surface area contributed by atoms with Crippen LogP contribution in [0.4, 0.5) is 0 Å². The molecule has 0 fully saturated rings. The number of primary sulfonamides is 1. The van der Waals surface area contributed by atoms with Crippen LogP contribution in [0, 0.1) is 0 Å². The minimum atomic E-state index is -3.71. The van der Waals surface area contributed by atoms with Gasteiger partial charge in [0.1, 0.15) is 5.75 Å². The Hall–Kier alpha value is -2.38. The van der Waals surface area contributed by atoms with E-state index in [1.165, 1.54) is 12.1 Å². The van der Waals surface area contributed by atoms with Crippen molar-refractivity contribution in [3.63, 3.8) is 0 Å². The summed E-state index contributed by atoms with van der Waals surface area (Å²) in [7, 11) is -3.71. The monoisotopic (exact) mass is 348 g/mol. The SMILES string of the molecule is CC[C@H](Oc1ccccc1)C(=O)NCc1ccc(S(N)(=O)=O)cc1. The number of nitrogens with two attached hydrogens (primary N) is 1. The maximum Gasteiger partial charge on any atom is 0.261 e. The maximum atomic E-state index is 12.2.